The topological polar surface area (TPSA) is 71.5 Å². The predicted octanol–water partition coefficient (Wildman–Crippen LogP) is 1.91. The molecule has 0 saturated carbocycles. The van der Waals surface area contributed by atoms with E-state index in [-0.39, 0.29) is 6.04 Å². The maximum absolute atomic E-state index is 11.0. The Morgan fingerprint density at radius 1 is 1.36 bits per heavy atom. The van der Waals surface area contributed by atoms with Crippen molar-refractivity contribution in [3.8, 4) is 0 Å². The van der Waals surface area contributed by atoms with Crippen molar-refractivity contribution in [3.05, 3.63) is 47.7 Å². The minimum atomic E-state index is -0.927. The SMILES string of the molecule is Cc1cccn2c(CN3CCC(O)(c4cn(C(C)C)nn4)C3)cnc12. The van der Waals surface area contributed by atoms with E-state index in [9.17, 15) is 5.11 Å². The molecule has 25 heavy (non-hydrogen) atoms. The third-order valence-corrected chi connectivity index (χ3v) is 5.04. The van der Waals surface area contributed by atoms with Gasteiger partial charge in [0.05, 0.1) is 18.1 Å². The molecular weight excluding hydrogens is 316 g/mol. The van der Waals surface area contributed by atoms with Crippen LogP contribution in [0.1, 0.15) is 43.3 Å². The Balaban J connectivity index is 1.52. The van der Waals surface area contributed by atoms with E-state index in [1.165, 1.54) is 0 Å². The summed E-state index contributed by atoms with van der Waals surface area (Å²) < 4.78 is 3.92. The second kappa shape index (κ2) is 5.93. The number of likely N-dealkylation sites (tertiary alicyclic amines) is 1. The van der Waals surface area contributed by atoms with Crippen LogP contribution in [-0.4, -0.2) is 47.5 Å². The minimum absolute atomic E-state index is 0.240. The average Bonchev–Trinajstić information content (AvgIpc) is 3.28. The first-order valence-corrected chi connectivity index (χ1v) is 8.75. The number of aryl methyl sites for hydroxylation is 1. The summed E-state index contributed by atoms with van der Waals surface area (Å²) in [5.41, 5.74) is 3.03. The predicted molar refractivity (Wildman–Crippen MR) is 94.1 cm³/mol. The Morgan fingerprint density at radius 2 is 2.20 bits per heavy atom. The second-order valence-electron chi connectivity index (χ2n) is 7.30. The highest BCUT2D eigenvalue weighted by molar-refractivity contribution is 5.48. The Labute approximate surface area is 146 Å². The fourth-order valence-electron chi connectivity index (χ4n) is 3.51. The number of pyridine rings is 1. The number of fused-ring (bicyclic) bond motifs is 1. The normalized spacial score (nSPS) is 21.6. The summed E-state index contributed by atoms with van der Waals surface area (Å²) in [4.78, 5) is 6.78. The van der Waals surface area contributed by atoms with Crippen molar-refractivity contribution in [2.45, 2.75) is 45.4 Å². The molecule has 0 spiro atoms. The van der Waals surface area contributed by atoms with Crippen molar-refractivity contribution in [3.63, 3.8) is 0 Å². The van der Waals surface area contributed by atoms with Gasteiger partial charge in [0.15, 0.2) is 0 Å². The fourth-order valence-corrected chi connectivity index (χ4v) is 3.51. The van der Waals surface area contributed by atoms with Crippen LogP contribution in [0, 0.1) is 6.92 Å². The molecule has 1 aliphatic rings. The molecule has 1 N–H and O–H groups in total. The number of aliphatic hydroxyl groups is 1. The lowest BCUT2D eigenvalue weighted by Crippen LogP contribution is -2.31. The third kappa shape index (κ3) is 2.83. The second-order valence-corrected chi connectivity index (χ2v) is 7.30. The number of rotatable bonds is 4. The first-order valence-electron chi connectivity index (χ1n) is 8.75. The average molecular weight is 340 g/mol. The van der Waals surface area contributed by atoms with Gasteiger partial charge in [-0.1, -0.05) is 11.3 Å². The lowest BCUT2D eigenvalue weighted by molar-refractivity contribution is 0.0406. The van der Waals surface area contributed by atoms with Crippen molar-refractivity contribution in [1.82, 2.24) is 29.3 Å². The molecule has 7 heteroatoms. The maximum atomic E-state index is 11.0. The Morgan fingerprint density at radius 3 is 2.96 bits per heavy atom. The van der Waals surface area contributed by atoms with Crippen LogP contribution in [0.2, 0.25) is 0 Å². The van der Waals surface area contributed by atoms with Crippen LogP contribution in [0.5, 0.6) is 0 Å². The van der Waals surface area contributed by atoms with E-state index < -0.39 is 5.60 Å². The molecular formula is C18H24N6O. The summed E-state index contributed by atoms with van der Waals surface area (Å²) in [7, 11) is 0. The van der Waals surface area contributed by atoms with E-state index in [1.807, 2.05) is 24.7 Å². The van der Waals surface area contributed by atoms with Gasteiger partial charge >= 0.3 is 0 Å². The summed E-state index contributed by atoms with van der Waals surface area (Å²) in [5, 5.41) is 19.4. The largest absolute Gasteiger partial charge is 0.382 e. The minimum Gasteiger partial charge on any atom is -0.382 e. The number of hydrogen-bond donors (Lipinski definition) is 1. The van der Waals surface area contributed by atoms with Crippen LogP contribution < -0.4 is 0 Å². The molecule has 7 nitrogen and oxygen atoms in total. The van der Waals surface area contributed by atoms with E-state index in [4.69, 9.17) is 0 Å². The van der Waals surface area contributed by atoms with E-state index in [1.54, 1.807) is 4.68 Å². The molecule has 1 fully saturated rings. The van der Waals surface area contributed by atoms with Crippen molar-refractivity contribution >= 4 is 5.65 Å². The van der Waals surface area contributed by atoms with E-state index in [0.29, 0.717) is 18.7 Å². The zero-order valence-electron chi connectivity index (χ0n) is 14.9. The molecule has 1 unspecified atom stereocenters. The highest BCUT2D eigenvalue weighted by Crippen LogP contribution is 2.31. The van der Waals surface area contributed by atoms with Crippen LogP contribution in [0.25, 0.3) is 5.65 Å². The lowest BCUT2D eigenvalue weighted by atomic mass is 10.00. The molecule has 4 rings (SSSR count). The highest BCUT2D eigenvalue weighted by atomic mass is 16.3. The number of nitrogens with zero attached hydrogens (tertiary/aromatic N) is 6. The van der Waals surface area contributed by atoms with Gasteiger partial charge in [-0.15, -0.1) is 5.10 Å². The summed E-state index contributed by atoms with van der Waals surface area (Å²) in [6.45, 7) is 8.31. The molecule has 1 aliphatic heterocycles. The van der Waals surface area contributed by atoms with Gasteiger partial charge in [0, 0.05) is 31.9 Å². The molecule has 1 atom stereocenters. The molecule has 0 aromatic carbocycles. The molecule has 132 valence electrons. The highest BCUT2D eigenvalue weighted by Gasteiger charge is 2.40. The summed E-state index contributed by atoms with van der Waals surface area (Å²) >= 11 is 0. The number of imidazole rings is 1. The zero-order valence-corrected chi connectivity index (χ0v) is 14.9. The summed E-state index contributed by atoms with van der Waals surface area (Å²) in [6, 6.07) is 4.35. The van der Waals surface area contributed by atoms with Gasteiger partial charge in [-0.2, -0.15) is 0 Å². The Hall–Kier alpha value is -2.25. The molecule has 3 aromatic heterocycles. The molecule has 0 radical (unpaired) electrons. The van der Waals surface area contributed by atoms with E-state index in [2.05, 4.69) is 51.4 Å². The van der Waals surface area contributed by atoms with Crippen molar-refractivity contribution in [2.75, 3.05) is 13.1 Å². The van der Waals surface area contributed by atoms with Gasteiger partial charge < -0.3 is 9.51 Å². The van der Waals surface area contributed by atoms with Gasteiger partial charge in [-0.3, -0.25) is 4.90 Å². The van der Waals surface area contributed by atoms with Gasteiger partial charge in [-0.05, 0) is 38.8 Å². The van der Waals surface area contributed by atoms with Crippen LogP contribution >= 0.6 is 0 Å². The number of β-amino-alcohol motifs (C(OH)–C–C–N with tert-alkyl or cyclic N) is 1. The number of hydrogen-bond acceptors (Lipinski definition) is 5. The molecule has 1 saturated heterocycles. The molecule has 4 heterocycles. The number of aromatic nitrogens is 5. The quantitative estimate of drug-likeness (QED) is 0.785. The van der Waals surface area contributed by atoms with Crippen molar-refractivity contribution in [1.29, 1.82) is 0 Å². The van der Waals surface area contributed by atoms with E-state index in [0.717, 1.165) is 30.0 Å². The molecule has 3 aromatic rings. The first-order chi connectivity index (χ1) is 12.0. The van der Waals surface area contributed by atoms with Crippen LogP contribution in [-0.2, 0) is 12.1 Å². The lowest BCUT2D eigenvalue weighted by Gasteiger charge is -2.21. The van der Waals surface area contributed by atoms with Gasteiger partial charge in [0.1, 0.15) is 16.9 Å². The Bertz CT molecular complexity index is 898. The zero-order chi connectivity index (χ0) is 17.6. The van der Waals surface area contributed by atoms with Gasteiger partial charge in [0.25, 0.3) is 0 Å². The Kier molecular flexibility index (Phi) is 3.85. The fraction of sp³-hybridized carbons (Fsp3) is 0.500. The van der Waals surface area contributed by atoms with Crippen LogP contribution in [0.3, 0.4) is 0 Å². The monoisotopic (exact) mass is 340 g/mol. The van der Waals surface area contributed by atoms with E-state index >= 15 is 0 Å². The van der Waals surface area contributed by atoms with Crippen molar-refractivity contribution in [2.24, 2.45) is 0 Å². The third-order valence-electron chi connectivity index (χ3n) is 5.04. The summed E-state index contributed by atoms with van der Waals surface area (Å²) in [6.07, 6.45) is 6.50. The summed E-state index contributed by atoms with van der Waals surface area (Å²) in [5.74, 6) is 0. The first kappa shape index (κ1) is 16.2. The van der Waals surface area contributed by atoms with Gasteiger partial charge in [0.2, 0.25) is 0 Å². The van der Waals surface area contributed by atoms with Gasteiger partial charge in [-0.25, -0.2) is 9.67 Å². The van der Waals surface area contributed by atoms with Crippen molar-refractivity contribution < 1.29 is 5.11 Å². The molecule has 0 aliphatic carbocycles. The standard InChI is InChI=1S/C18H24N6O/c1-13(2)24-11-16(20-21-24)18(25)6-8-22(12-18)10-15-9-19-17-14(3)5-4-7-23(15)17/h4-5,7,9,11,13,25H,6,8,10,12H2,1-3H3. The molecule has 0 bridgehead atoms. The van der Waals surface area contributed by atoms with Crippen LogP contribution in [0.4, 0.5) is 0 Å². The molecule has 0 amide bonds. The smallest absolute Gasteiger partial charge is 0.139 e. The maximum Gasteiger partial charge on any atom is 0.139 e. The van der Waals surface area contributed by atoms with Crippen LogP contribution in [0.15, 0.2) is 30.7 Å².